The molecule has 220 valence electrons. The van der Waals surface area contributed by atoms with E-state index in [4.69, 9.17) is 4.74 Å². The predicted octanol–water partition coefficient (Wildman–Crippen LogP) is 5.27. The average molecular weight is 596 g/mol. The van der Waals surface area contributed by atoms with E-state index in [0.29, 0.717) is 31.7 Å². The molecule has 2 heterocycles. The zero-order valence-electron chi connectivity index (χ0n) is 24.4. The molecule has 4 aromatic rings. The van der Waals surface area contributed by atoms with Crippen LogP contribution >= 0.6 is 0 Å². The number of nitrogens with zero attached hydrogens (tertiary/aromatic N) is 3. The SMILES string of the molecule is COc1ccc(N2CCN(C(=O)c3ccc4c(c3)N(Cc3cc(C)ccc3C)C(=O)c3ccccc3S4(=O)=O)CC2)cc1. The fourth-order valence-electron chi connectivity index (χ4n) is 5.78. The highest BCUT2D eigenvalue weighted by Gasteiger charge is 2.36. The van der Waals surface area contributed by atoms with E-state index in [2.05, 4.69) is 4.90 Å². The van der Waals surface area contributed by atoms with Gasteiger partial charge in [-0.3, -0.25) is 9.59 Å². The lowest BCUT2D eigenvalue weighted by molar-refractivity contribution is 0.0746. The molecule has 43 heavy (non-hydrogen) atoms. The molecule has 1 saturated heterocycles. The van der Waals surface area contributed by atoms with Gasteiger partial charge in [-0.15, -0.1) is 0 Å². The Balaban J connectivity index is 1.34. The van der Waals surface area contributed by atoms with Crippen molar-refractivity contribution >= 4 is 33.0 Å². The first-order chi connectivity index (χ1) is 20.7. The van der Waals surface area contributed by atoms with Gasteiger partial charge in [-0.1, -0.05) is 35.9 Å². The maximum absolute atomic E-state index is 14.0. The third-order valence-corrected chi connectivity index (χ3v) is 10.1. The molecule has 0 aliphatic carbocycles. The van der Waals surface area contributed by atoms with Crippen molar-refractivity contribution in [2.24, 2.45) is 0 Å². The van der Waals surface area contributed by atoms with Crippen LogP contribution in [0.15, 0.2) is 94.7 Å². The molecular weight excluding hydrogens is 562 g/mol. The Morgan fingerprint density at radius 1 is 0.837 bits per heavy atom. The van der Waals surface area contributed by atoms with E-state index < -0.39 is 15.7 Å². The summed E-state index contributed by atoms with van der Waals surface area (Å²) in [5, 5.41) is 0. The lowest BCUT2D eigenvalue weighted by Gasteiger charge is -2.36. The molecular formula is C34H33N3O5S. The molecule has 0 N–H and O–H groups in total. The Morgan fingerprint density at radius 3 is 2.28 bits per heavy atom. The maximum atomic E-state index is 14.0. The Labute approximate surface area is 252 Å². The van der Waals surface area contributed by atoms with Gasteiger partial charge in [-0.2, -0.15) is 0 Å². The quantitative estimate of drug-likeness (QED) is 0.313. The molecule has 0 unspecified atom stereocenters. The van der Waals surface area contributed by atoms with E-state index in [1.165, 1.54) is 17.0 Å². The number of rotatable bonds is 5. The number of aryl methyl sites for hydroxylation is 2. The molecule has 0 radical (unpaired) electrons. The number of carbonyl (C=O) groups is 2. The van der Waals surface area contributed by atoms with Crippen molar-refractivity contribution in [2.45, 2.75) is 30.2 Å². The largest absolute Gasteiger partial charge is 0.497 e. The van der Waals surface area contributed by atoms with Crippen molar-refractivity contribution in [3.05, 3.63) is 113 Å². The second-order valence-electron chi connectivity index (χ2n) is 11.0. The van der Waals surface area contributed by atoms with E-state index >= 15 is 0 Å². The summed E-state index contributed by atoms with van der Waals surface area (Å²) in [6.45, 7) is 6.45. The van der Waals surface area contributed by atoms with Gasteiger partial charge in [0, 0.05) is 37.4 Å². The van der Waals surface area contributed by atoms with Gasteiger partial charge in [-0.25, -0.2) is 8.42 Å². The van der Waals surface area contributed by atoms with Crippen LogP contribution in [0.5, 0.6) is 5.75 Å². The number of hydrogen-bond donors (Lipinski definition) is 0. The molecule has 9 heteroatoms. The van der Waals surface area contributed by atoms with Crippen molar-refractivity contribution in [1.82, 2.24) is 4.90 Å². The summed E-state index contributed by atoms with van der Waals surface area (Å²) < 4.78 is 33.0. The van der Waals surface area contributed by atoms with Gasteiger partial charge >= 0.3 is 0 Å². The van der Waals surface area contributed by atoms with Crippen LogP contribution in [0.25, 0.3) is 0 Å². The Hall–Kier alpha value is -4.63. The normalized spacial score (nSPS) is 15.9. The number of piperazine rings is 1. The van der Waals surface area contributed by atoms with Gasteiger partial charge in [0.05, 0.1) is 34.7 Å². The molecule has 0 saturated carbocycles. The highest BCUT2D eigenvalue weighted by atomic mass is 32.2. The van der Waals surface area contributed by atoms with Crippen molar-refractivity contribution in [1.29, 1.82) is 0 Å². The molecule has 2 aliphatic rings. The number of carbonyl (C=O) groups excluding carboxylic acids is 2. The van der Waals surface area contributed by atoms with Gasteiger partial charge in [0.2, 0.25) is 9.84 Å². The zero-order chi connectivity index (χ0) is 30.3. The van der Waals surface area contributed by atoms with Crippen molar-refractivity contribution in [2.75, 3.05) is 43.1 Å². The fraction of sp³-hybridized carbons (Fsp3) is 0.235. The first-order valence-corrected chi connectivity index (χ1v) is 15.7. The smallest absolute Gasteiger partial charge is 0.259 e. The molecule has 1 fully saturated rings. The minimum atomic E-state index is -4.03. The first kappa shape index (κ1) is 28.5. The zero-order valence-corrected chi connectivity index (χ0v) is 25.2. The van der Waals surface area contributed by atoms with Crippen LogP contribution in [-0.4, -0.2) is 58.4 Å². The maximum Gasteiger partial charge on any atom is 0.259 e. The molecule has 2 aliphatic heterocycles. The Bertz CT molecular complexity index is 1830. The van der Waals surface area contributed by atoms with Crippen LogP contribution in [0.1, 0.15) is 37.4 Å². The second kappa shape index (κ2) is 11.2. The number of amides is 2. The highest BCUT2D eigenvalue weighted by molar-refractivity contribution is 7.91. The Morgan fingerprint density at radius 2 is 1.56 bits per heavy atom. The predicted molar refractivity (Wildman–Crippen MR) is 166 cm³/mol. The Kier molecular flexibility index (Phi) is 7.43. The van der Waals surface area contributed by atoms with Crippen molar-refractivity contribution < 1.29 is 22.7 Å². The summed E-state index contributed by atoms with van der Waals surface area (Å²) in [6, 6.07) is 24.7. The molecule has 6 rings (SSSR count). The standard InChI is InChI=1S/C34H33N3O5S/c1-23-8-9-24(2)26(20-23)22-37-30-21-25(10-15-32(30)43(40,41)31-7-5-4-6-29(31)34(37)39)33(38)36-18-16-35(17-19-36)27-11-13-28(42-3)14-12-27/h4-15,20-21H,16-19,22H2,1-3H3. The minimum Gasteiger partial charge on any atom is -0.497 e. The number of benzene rings is 4. The van der Waals surface area contributed by atoms with Crippen LogP contribution < -0.4 is 14.5 Å². The lowest BCUT2D eigenvalue weighted by atomic mass is 10.0. The summed E-state index contributed by atoms with van der Waals surface area (Å²) in [6.07, 6.45) is 0. The number of sulfone groups is 1. The van der Waals surface area contributed by atoms with Crippen molar-refractivity contribution in [3.63, 3.8) is 0 Å². The van der Waals surface area contributed by atoms with Crippen LogP contribution in [0.2, 0.25) is 0 Å². The number of methoxy groups -OCH3 is 1. The molecule has 2 amide bonds. The molecule has 0 aromatic heterocycles. The monoisotopic (exact) mass is 595 g/mol. The number of hydrogen-bond acceptors (Lipinski definition) is 6. The molecule has 8 nitrogen and oxygen atoms in total. The van der Waals surface area contributed by atoms with E-state index in [9.17, 15) is 18.0 Å². The number of fused-ring (bicyclic) bond motifs is 2. The number of anilines is 2. The minimum absolute atomic E-state index is 0.0111. The molecule has 0 atom stereocenters. The lowest BCUT2D eigenvalue weighted by Crippen LogP contribution is -2.48. The third-order valence-electron chi connectivity index (χ3n) is 8.28. The molecule has 0 bridgehead atoms. The van der Waals surface area contributed by atoms with Gasteiger partial charge in [-0.05, 0) is 79.6 Å². The summed E-state index contributed by atoms with van der Waals surface area (Å²) in [5.74, 6) is 0.169. The van der Waals surface area contributed by atoms with Crippen LogP contribution in [0, 0.1) is 13.8 Å². The van der Waals surface area contributed by atoms with Crippen LogP contribution in [0.3, 0.4) is 0 Å². The van der Waals surface area contributed by atoms with Crippen LogP contribution in [0.4, 0.5) is 11.4 Å². The molecule has 4 aromatic carbocycles. The summed E-state index contributed by atoms with van der Waals surface area (Å²) in [4.78, 5) is 33.3. The van der Waals surface area contributed by atoms with Gasteiger partial charge in [0.1, 0.15) is 5.75 Å². The summed E-state index contributed by atoms with van der Waals surface area (Å²) in [5.41, 5.74) is 4.66. The van der Waals surface area contributed by atoms with Gasteiger partial charge in [0.25, 0.3) is 11.8 Å². The van der Waals surface area contributed by atoms with E-state index in [0.717, 1.165) is 28.1 Å². The summed E-state index contributed by atoms with van der Waals surface area (Å²) >= 11 is 0. The fourth-order valence-corrected chi connectivity index (χ4v) is 7.41. The number of ether oxygens (including phenoxy) is 1. The average Bonchev–Trinajstić information content (AvgIpc) is 3.10. The highest BCUT2D eigenvalue weighted by Crippen LogP contribution is 2.38. The van der Waals surface area contributed by atoms with E-state index in [1.54, 1.807) is 42.3 Å². The second-order valence-corrected chi connectivity index (χ2v) is 12.9. The first-order valence-electron chi connectivity index (χ1n) is 14.2. The molecule has 0 spiro atoms. The van der Waals surface area contributed by atoms with Crippen molar-refractivity contribution in [3.8, 4) is 5.75 Å². The summed E-state index contributed by atoms with van der Waals surface area (Å²) in [7, 11) is -2.39. The topological polar surface area (TPSA) is 87.2 Å². The van der Waals surface area contributed by atoms with E-state index in [1.807, 2.05) is 56.3 Å². The van der Waals surface area contributed by atoms with Gasteiger partial charge in [0.15, 0.2) is 0 Å². The van der Waals surface area contributed by atoms with Crippen LogP contribution in [-0.2, 0) is 16.4 Å². The van der Waals surface area contributed by atoms with E-state index in [-0.39, 0.29) is 33.5 Å². The van der Waals surface area contributed by atoms with Gasteiger partial charge < -0.3 is 19.4 Å². The third kappa shape index (κ3) is 5.25.